The van der Waals surface area contributed by atoms with E-state index in [-0.39, 0.29) is 11.8 Å². The zero-order chi connectivity index (χ0) is 19.5. The van der Waals surface area contributed by atoms with Crippen LogP contribution in [0.15, 0.2) is 67.1 Å². The van der Waals surface area contributed by atoms with Crippen LogP contribution in [0.1, 0.15) is 22.1 Å². The summed E-state index contributed by atoms with van der Waals surface area (Å²) in [5.41, 5.74) is 1.85. The highest BCUT2D eigenvalue weighted by molar-refractivity contribution is 6.03. The van der Waals surface area contributed by atoms with Gasteiger partial charge in [-0.1, -0.05) is 30.3 Å². The lowest BCUT2D eigenvalue weighted by atomic mass is 10.00. The van der Waals surface area contributed by atoms with Gasteiger partial charge in [0.15, 0.2) is 0 Å². The van der Waals surface area contributed by atoms with Crippen molar-refractivity contribution in [2.24, 2.45) is 0 Å². The number of carbonyl (C=O) groups is 2. The summed E-state index contributed by atoms with van der Waals surface area (Å²) in [7, 11) is 1.60. The molecule has 1 aliphatic rings. The Bertz CT molecular complexity index is 955. The van der Waals surface area contributed by atoms with E-state index in [4.69, 9.17) is 4.74 Å². The molecule has 0 radical (unpaired) electrons. The van der Waals surface area contributed by atoms with Crippen LogP contribution in [0.4, 0.5) is 5.69 Å². The topological polar surface area (TPSA) is 78.5 Å². The number of nitrogens with one attached hydrogen (secondary N) is 1. The molecule has 1 saturated heterocycles. The third-order valence-electron chi connectivity index (χ3n) is 4.85. The largest absolute Gasteiger partial charge is 0.497 e. The number of carbonyl (C=O) groups excluding carboxylic acids is 2. The van der Waals surface area contributed by atoms with Gasteiger partial charge in [0.2, 0.25) is 0 Å². The Morgan fingerprint density at radius 2 is 1.86 bits per heavy atom. The van der Waals surface area contributed by atoms with Crippen molar-refractivity contribution in [2.45, 2.75) is 6.04 Å². The number of nitrogens with zero attached hydrogens (tertiary/aromatic N) is 3. The monoisotopic (exact) mass is 376 g/mol. The molecule has 2 amide bonds. The van der Waals surface area contributed by atoms with Gasteiger partial charge in [0.25, 0.3) is 11.8 Å². The van der Waals surface area contributed by atoms with E-state index >= 15 is 0 Å². The summed E-state index contributed by atoms with van der Waals surface area (Å²) in [6, 6.07) is 16.0. The molecule has 28 heavy (non-hydrogen) atoms. The summed E-state index contributed by atoms with van der Waals surface area (Å²) in [4.78, 5) is 36.6. The predicted molar refractivity (Wildman–Crippen MR) is 104 cm³/mol. The SMILES string of the molecule is COc1ccc(N2CCN(C(=O)c3c[nH]cn3)C(c3ccccc3)C2=O)cc1. The minimum Gasteiger partial charge on any atom is -0.497 e. The summed E-state index contributed by atoms with van der Waals surface area (Å²) < 4.78 is 5.20. The lowest BCUT2D eigenvalue weighted by Crippen LogP contribution is -2.54. The second kappa shape index (κ2) is 7.56. The maximum atomic E-state index is 13.4. The number of benzene rings is 2. The number of hydrogen-bond acceptors (Lipinski definition) is 4. The molecular weight excluding hydrogens is 356 g/mol. The molecule has 4 rings (SSSR count). The van der Waals surface area contributed by atoms with Crippen LogP contribution >= 0.6 is 0 Å². The molecule has 0 bridgehead atoms. The minimum absolute atomic E-state index is 0.147. The Kier molecular flexibility index (Phi) is 4.80. The van der Waals surface area contributed by atoms with Gasteiger partial charge in [0.05, 0.1) is 13.4 Å². The first kappa shape index (κ1) is 17.8. The van der Waals surface area contributed by atoms with E-state index in [2.05, 4.69) is 9.97 Å². The number of rotatable bonds is 4. The van der Waals surface area contributed by atoms with E-state index in [1.807, 2.05) is 54.6 Å². The number of H-pyrrole nitrogens is 1. The van der Waals surface area contributed by atoms with Crippen LogP contribution < -0.4 is 9.64 Å². The zero-order valence-electron chi connectivity index (χ0n) is 15.4. The molecule has 142 valence electrons. The van der Waals surface area contributed by atoms with E-state index in [1.165, 1.54) is 6.33 Å². The Balaban J connectivity index is 1.69. The van der Waals surface area contributed by atoms with Crippen molar-refractivity contribution in [1.82, 2.24) is 14.9 Å². The molecule has 2 aromatic carbocycles. The minimum atomic E-state index is -0.707. The molecule has 2 heterocycles. The summed E-state index contributed by atoms with van der Waals surface area (Å²) in [6.07, 6.45) is 3.00. The Morgan fingerprint density at radius 3 is 2.50 bits per heavy atom. The van der Waals surface area contributed by atoms with E-state index in [9.17, 15) is 9.59 Å². The molecule has 1 aromatic heterocycles. The Hall–Kier alpha value is -3.61. The summed E-state index contributed by atoms with van der Waals surface area (Å²) in [5.74, 6) is 0.312. The predicted octanol–water partition coefficient (Wildman–Crippen LogP) is 2.65. The van der Waals surface area contributed by atoms with Gasteiger partial charge in [-0.15, -0.1) is 0 Å². The van der Waals surface area contributed by atoms with Gasteiger partial charge < -0.3 is 19.5 Å². The maximum Gasteiger partial charge on any atom is 0.275 e. The number of hydrogen-bond donors (Lipinski definition) is 1. The average Bonchev–Trinajstić information content (AvgIpc) is 3.29. The third-order valence-corrected chi connectivity index (χ3v) is 4.85. The Morgan fingerprint density at radius 1 is 1.11 bits per heavy atom. The van der Waals surface area contributed by atoms with Crippen LogP contribution in [-0.2, 0) is 4.79 Å². The van der Waals surface area contributed by atoms with Crippen molar-refractivity contribution in [3.8, 4) is 5.75 Å². The van der Waals surface area contributed by atoms with Gasteiger partial charge in [-0.3, -0.25) is 9.59 Å². The molecule has 1 unspecified atom stereocenters. The van der Waals surface area contributed by atoms with Gasteiger partial charge in [0, 0.05) is 25.0 Å². The second-order valence-corrected chi connectivity index (χ2v) is 6.45. The fourth-order valence-electron chi connectivity index (χ4n) is 3.45. The molecular formula is C21H20N4O3. The molecule has 3 aromatic rings. The van der Waals surface area contributed by atoms with Crippen molar-refractivity contribution in [1.29, 1.82) is 0 Å². The molecule has 7 nitrogen and oxygen atoms in total. The van der Waals surface area contributed by atoms with Crippen LogP contribution in [0.25, 0.3) is 0 Å². The molecule has 0 saturated carbocycles. The lowest BCUT2D eigenvalue weighted by molar-refractivity contribution is -0.125. The fourth-order valence-corrected chi connectivity index (χ4v) is 3.45. The standard InChI is InChI=1S/C21H20N4O3/c1-28-17-9-7-16(8-10-17)24-11-12-25(20(26)18-13-22-14-23-18)19(21(24)27)15-5-3-2-4-6-15/h2-10,13-14,19H,11-12H2,1H3,(H,22,23). The summed E-state index contributed by atoms with van der Waals surface area (Å²) in [5, 5.41) is 0. The highest BCUT2D eigenvalue weighted by Crippen LogP contribution is 2.31. The fraction of sp³-hybridized carbons (Fsp3) is 0.190. The van der Waals surface area contributed by atoms with Crippen molar-refractivity contribution in [3.05, 3.63) is 78.4 Å². The quantitative estimate of drug-likeness (QED) is 0.759. The van der Waals surface area contributed by atoms with Gasteiger partial charge in [-0.05, 0) is 29.8 Å². The van der Waals surface area contributed by atoms with E-state index < -0.39 is 6.04 Å². The van der Waals surface area contributed by atoms with Crippen LogP contribution in [0.3, 0.4) is 0 Å². The maximum absolute atomic E-state index is 13.4. The van der Waals surface area contributed by atoms with Gasteiger partial charge >= 0.3 is 0 Å². The molecule has 1 fully saturated rings. The van der Waals surface area contributed by atoms with E-state index in [0.717, 1.165) is 17.0 Å². The number of anilines is 1. The first-order valence-electron chi connectivity index (χ1n) is 8.99. The molecule has 1 aliphatic heterocycles. The highest BCUT2D eigenvalue weighted by Gasteiger charge is 2.39. The lowest BCUT2D eigenvalue weighted by Gasteiger charge is -2.40. The van der Waals surface area contributed by atoms with Crippen LogP contribution in [0, 0.1) is 0 Å². The number of methoxy groups -OCH3 is 1. The Labute approximate surface area is 162 Å². The number of aromatic amines is 1. The number of imidazole rings is 1. The highest BCUT2D eigenvalue weighted by atomic mass is 16.5. The smallest absolute Gasteiger partial charge is 0.275 e. The average molecular weight is 376 g/mol. The molecule has 0 aliphatic carbocycles. The van der Waals surface area contributed by atoms with Crippen molar-refractivity contribution in [3.63, 3.8) is 0 Å². The molecule has 7 heteroatoms. The van der Waals surface area contributed by atoms with Crippen molar-refractivity contribution >= 4 is 17.5 Å². The van der Waals surface area contributed by atoms with Gasteiger partial charge in [-0.25, -0.2) is 4.98 Å². The molecule has 1 N–H and O–H groups in total. The summed E-state index contributed by atoms with van der Waals surface area (Å²) >= 11 is 0. The third kappa shape index (κ3) is 3.22. The first-order valence-corrected chi connectivity index (χ1v) is 8.99. The number of aromatic nitrogens is 2. The van der Waals surface area contributed by atoms with Crippen LogP contribution in [-0.4, -0.2) is 46.9 Å². The molecule has 1 atom stereocenters. The van der Waals surface area contributed by atoms with Crippen molar-refractivity contribution in [2.75, 3.05) is 25.1 Å². The summed E-state index contributed by atoms with van der Waals surface area (Å²) in [6.45, 7) is 0.813. The van der Waals surface area contributed by atoms with Gasteiger partial charge in [-0.2, -0.15) is 0 Å². The van der Waals surface area contributed by atoms with Gasteiger partial charge in [0.1, 0.15) is 17.5 Å². The number of piperazine rings is 1. The number of ether oxygens (including phenoxy) is 1. The zero-order valence-corrected chi connectivity index (χ0v) is 15.4. The van der Waals surface area contributed by atoms with Crippen molar-refractivity contribution < 1.29 is 14.3 Å². The molecule has 0 spiro atoms. The second-order valence-electron chi connectivity index (χ2n) is 6.45. The van der Waals surface area contributed by atoms with E-state index in [0.29, 0.717) is 18.8 Å². The normalized spacial score (nSPS) is 16.9. The first-order chi connectivity index (χ1) is 13.7. The number of amides is 2. The van der Waals surface area contributed by atoms with E-state index in [1.54, 1.807) is 23.1 Å². The van der Waals surface area contributed by atoms with Crippen LogP contribution in [0.2, 0.25) is 0 Å². The van der Waals surface area contributed by atoms with Crippen LogP contribution in [0.5, 0.6) is 5.75 Å².